The van der Waals surface area contributed by atoms with Gasteiger partial charge in [-0.2, -0.15) is 0 Å². The third kappa shape index (κ3) is 33.5. The molecule has 0 aliphatic heterocycles. The molecule has 0 heterocycles. The van der Waals surface area contributed by atoms with Crippen LogP contribution in [0, 0.1) is 0 Å². The second-order valence-electron chi connectivity index (χ2n) is 11.8. The zero-order chi connectivity index (χ0) is 31.9. The number of phosphoric acid groups is 1. The lowest BCUT2D eigenvalue weighted by Gasteiger charge is -2.18. The van der Waals surface area contributed by atoms with Crippen LogP contribution in [0.25, 0.3) is 0 Å². The molecule has 0 unspecified atom stereocenters. The molecule has 0 spiro atoms. The highest BCUT2D eigenvalue weighted by Crippen LogP contribution is 2.36. The maximum absolute atomic E-state index is 12.3. The van der Waals surface area contributed by atoms with E-state index < -0.39 is 32.5 Å². The predicted octanol–water partition coefficient (Wildman–Crippen LogP) is 9.90. The summed E-state index contributed by atoms with van der Waals surface area (Å²) in [7, 11) is -4.74. The van der Waals surface area contributed by atoms with Gasteiger partial charge in [-0.1, -0.05) is 135 Å². The average molecular weight is 633 g/mol. The van der Waals surface area contributed by atoms with E-state index in [-0.39, 0.29) is 19.4 Å². The molecule has 0 fully saturated rings. The summed E-state index contributed by atoms with van der Waals surface area (Å²) >= 11 is 0. The van der Waals surface area contributed by atoms with Crippen molar-refractivity contribution in [3.8, 4) is 0 Å². The van der Waals surface area contributed by atoms with Gasteiger partial charge >= 0.3 is 19.8 Å². The second kappa shape index (κ2) is 30.8. The number of allylic oxidation sites excluding steroid dienone is 2. The molecule has 0 aliphatic rings. The van der Waals surface area contributed by atoms with Crippen LogP contribution in [0.5, 0.6) is 0 Å². The summed E-state index contributed by atoms with van der Waals surface area (Å²) in [5.74, 6) is -0.891. The molecule has 0 saturated heterocycles. The van der Waals surface area contributed by atoms with E-state index in [9.17, 15) is 14.2 Å². The second-order valence-corrected chi connectivity index (χ2v) is 13.1. The Morgan fingerprint density at radius 1 is 0.581 bits per heavy atom. The summed E-state index contributed by atoms with van der Waals surface area (Å²) in [5.41, 5.74) is 0. The summed E-state index contributed by atoms with van der Waals surface area (Å²) in [6.07, 6.45) is 30.7. The van der Waals surface area contributed by atoms with Gasteiger partial charge in [0.05, 0.1) is 6.61 Å². The third-order valence-electron chi connectivity index (χ3n) is 7.53. The van der Waals surface area contributed by atoms with Gasteiger partial charge in [0.25, 0.3) is 0 Å². The van der Waals surface area contributed by atoms with Crippen LogP contribution in [0.2, 0.25) is 0 Å². The molecular formula is C34H65O8P. The molecule has 1 atom stereocenters. The molecule has 0 saturated carbocycles. The fourth-order valence-electron chi connectivity index (χ4n) is 4.90. The molecule has 254 valence electrons. The van der Waals surface area contributed by atoms with Crippen molar-refractivity contribution in [1.29, 1.82) is 0 Å². The minimum Gasteiger partial charge on any atom is -0.462 e. The lowest BCUT2D eigenvalue weighted by atomic mass is 10.1. The van der Waals surface area contributed by atoms with Crippen molar-refractivity contribution < 1.29 is 37.9 Å². The van der Waals surface area contributed by atoms with E-state index in [1.165, 1.54) is 89.9 Å². The van der Waals surface area contributed by atoms with Crippen molar-refractivity contribution in [2.24, 2.45) is 0 Å². The molecule has 43 heavy (non-hydrogen) atoms. The molecule has 0 rings (SSSR count). The van der Waals surface area contributed by atoms with E-state index in [1.807, 2.05) is 0 Å². The number of unbranched alkanes of at least 4 members (excludes halogenated alkanes) is 20. The largest absolute Gasteiger partial charge is 0.469 e. The van der Waals surface area contributed by atoms with Crippen LogP contribution < -0.4 is 0 Å². The molecule has 8 nitrogen and oxygen atoms in total. The van der Waals surface area contributed by atoms with Crippen LogP contribution in [-0.4, -0.2) is 41.0 Å². The van der Waals surface area contributed by atoms with E-state index in [0.29, 0.717) is 6.42 Å². The summed E-state index contributed by atoms with van der Waals surface area (Å²) in [4.78, 5) is 42.5. The zero-order valence-electron chi connectivity index (χ0n) is 27.6. The first kappa shape index (κ1) is 41.8. The van der Waals surface area contributed by atoms with E-state index in [1.54, 1.807) is 0 Å². The predicted molar refractivity (Wildman–Crippen MR) is 175 cm³/mol. The van der Waals surface area contributed by atoms with Crippen molar-refractivity contribution in [2.45, 2.75) is 180 Å². The van der Waals surface area contributed by atoms with Gasteiger partial charge in [0, 0.05) is 12.8 Å². The summed E-state index contributed by atoms with van der Waals surface area (Å²) in [6.45, 7) is 3.64. The van der Waals surface area contributed by atoms with Crippen LogP contribution >= 0.6 is 7.82 Å². The standard InChI is InChI=1S/C34H65O8P/c1-3-5-7-9-11-13-15-16-17-19-21-23-25-27-29-34(36)42-32(31-41-43(37,38)39)30-40-33(35)28-26-24-22-20-18-14-12-10-8-6-4-2/h15-16,32H,3-14,17-31H2,1-2H3,(H2,37,38,39)/b16-15+/t32-/m1/s1. The van der Waals surface area contributed by atoms with E-state index in [2.05, 4.69) is 30.5 Å². The SMILES string of the molecule is CCCCCCC/C=C/CCCCCCCC(=O)O[C@H](COC(=O)CCCCCCCCCCCCC)COP(=O)(O)O. The van der Waals surface area contributed by atoms with E-state index >= 15 is 0 Å². The third-order valence-corrected chi connectivity index (χ3v) is 8.02. The van der Waals surface area contributed by atoms with Gasteiger partial charge in [0.1, 0.15) is 6.61 Å². The monoisotopic (exact) mass is 632 g/mol. The van der Waals surface area contributed by atoms with Crippen molar-refractivity contribution in [1.82, 2.24) is 0 Å². The fraction of sp³-hybridized carbons (Fsp3) is 0.882. The Morgan fingerprint density at radius 2 is 0.977 bits per heavy atom. The molecule has 0 aliphatic carbocycles. The number of ether oxygens (including phenoxy) is 2. The van der Waals surface area contributed by atoms with Crippen molar-refractivity contribution in [2.75, 3.05) is 13.2 Å². The molecule has 0 bridgehead atoms. The number of hydrogen-bond acceptors (Lipinski definition) is 6. The Labute approximate surface area is 263 Å². The Bertz CT molecular complexity index is 721. The Morgan fingerprint density at radius 3 is 1.42 bits per heavy atom. The van der Waals surface area contributed by atoms with Crippen molar-refractivity contribution >= 4 is 19.8 Å². The molecule has 2 N–H and O–H groups in total. The van der Waals surface area contributed by atoms with Crippen LogP contribution in [0.3, 0.4) is 0 Å². The number of esters is 2. The first-order valence-corrected chi connectivity index (χ1v) is 19.0. The highest BCUT2D eigenvalue weighted by atomic mass is 31.2. The minimum atomic E-state index is -4.74. The van der Waals surface area contributed by atoms with Crippen molar-refractivity contribution in [3.63, 3.8) is 0 Å². The number of carbonyl (C=O) groups excluding carboxylic acids is 2. The normalized spacial score (nSPS) is 12.6. The van der Waals surface area contributed by atoms with Gasteiger partial charge in [-0.15, -0.1) is 0 Å². The summed E-state index contributed by atoms with van der Waals surface area (Å²) in [6, 6.07) is 0. The van der Waals surface area contributed by atoms with Crippen LogP contribution in [0.4, 0.5) is 0 Å². The molecule has 0 aromatic rings. The Hall–Kier alpha value is -1.21. The van der Waals surface area contributed by atoms with Crippen LogP contribution in [0.15, 0.2) is 12.2 Å². The van der Waals surface area contributed by atoms with E-state index in [4.69, 9.17) is 19.3 Å². The summed E-state index contributed by atoms with van der Waals surface area (Å²) < 4.78 is 26.2. The van der Waals surface area contributed by atoms with Gasteiger partial charge in [0.15, 0.2) is 6.10 Å². The topological polar surface area (TPSA) is 119 Å². The quantitative estimate of drug-likeness (QED) is 0.0325. The molecule has 0 aromatic carbocycles. The van der Waals surface area contributed by atoms with Crippen molar-refractivity contribution in [3.05, 3.63) is 12.2 Å². The highest BCUT2D eigenvalue weighted by molar-refractivity contribution is 7.46. The Kier molecular flexibility index (Phi) is 29.9. The van der Waals surface area contributed by atoms with Crippen LogP contribution in [-0.2, 0) is 28.2 Å². The molecule has 9 heteroatoms. The molecule has 0 amide bonds. The maximum Gasteiger partial charge on any atom is 0.469 e. The molecule has 0 aromatic heterocycles. The molecular weight excluding hydrogens is 567 g/mol. The lowest BCUT2D eigenvalue weighted by Crippen LogP contribution is -2.29. The number of phosphoric ester groups is 1. The van der Waals surface area contributed by atoms with Crippen LogP contribution in [0.1, 0.15) is 174 Å². The Balaban J connectivity index is 4.00. The van der Waals surface area contributed by atoms with Gasteiger partial charge < -0.3 is 19.3 Å². The minimum absolute atomic E-state index is 0.205. The first-order valence-electron chi connectivity index (χ1n) is 17.5. The number of rotatable bonds is 32. The van der Waals surface area contributed by atoms with Gasteiger partial charge in [0.2, 0.25) is 0 Å². The van der Waals surface area contributed by atoms with Gasteiger partial charge in [-0.05, 0) is 38.5 Å². The van der Waals surface area contributed by atoms with E-state index in [0.717, 1.165) is 51.4 Å². The zero-order valence-corrected chi connectivity index (χ0v) is 28.5. The molecule has 0 radical (unpaired) electrons. The maximum atomic E-state index is 12.3. The first-order chi connectivity index (χ1) is 20.8. The van der Waals surface area contributed by atoms with Gasteiger partial charge in [-0.3, -0.25) is 14.1 Å². The van der Waals surface area contributed by atoms with Gasteiger partial charge in [-0.25, -0.2) is 4.57 Å². The average Bonchev–Trinajstić information content (AvgIpc) is 2.97. The number of carbonyl (C=O) groups is 2. The number of hydrogen-bond donors (Lipinski definition) is 2. The fourth-order valence-corrected chi connectivity index (χ4v) is 5.26. The smallest absolute Gasteiger partial charge is 0.462 e. The summed E-state index contributed by atoms with van der Waals surface area (Å²) in [5, 5.41) is 0. The highest BCUT2D eigenvalue weighted by Gasteiger charge is 2.22. The lowest BCUT2D eigenvalue weighted by molar-refractivity contribution is -0.161.